The molecule has 2 aliphatic rings. The first-order valence-corrected chi connectivity index (χ1v) is 10.6. The Morgan fingerprint density at radius 1 is 1.07 bits per heavy atom. The molecule has 1 atom stereocenters. The van der Waals surface area contributed by atoms with Crippen molar-refractivity contribution >= 4 is 29.3 Å². The third-order valence-electron chi connectivity index (χ3n) is 5.30. The van der Waals surface area contributed by atoms with Crippen molar-refractivity contribution in [1.29, 1.82) is 0 Å². The monoisotopic (exact) mass is 380 g/mol. The lowest BCUT2D eigenvalue weighted by atomic mass is 9.87. The summed E-state index contributed by atoms with van der Waals surface area (Å²) in [6.07, 6.45) is 3.62. The van der Waals surface area contributed by atoms with E-state index in [1.807, 2.05) is 35.2 Å². The second kappa shape index (κ2) is 8.17. The average molecular weight is 381 g/mol. The van der Waals surface area contributed by atoms with Crippen molar-refractivity contribution in [3.8, 4) is 0 Å². The van der Waals surface area contributed by atoms with Crippen molar-refractivity contribution in [3.05, 3.63) is 59.7 Å². The number of nitrogens with one attached hydrogen (secondary N) is 1. The Kier molecular flexibility index (Phi) is 5.48. The van der Waals surface area contributed by atoms with Crippen LogP contribution in [-0.4, -0.2) is 24.1 Å². The van der Waals surface area contributed by atoms with Crippen LogP contribution in [0.4, 0.5) is 5.69 Å². The van der Waals surface area contributed by atoms with Crippen LogP contribution in [-0.2, 0) is 16.0 Å². The molecule has 0 spiro atoms. The summed E-state index contributed by atoms with van der Waals surface area (Å²) in [6.45, 7) is 0.706. The fourth-order valence-electron chi connectivity index (χ4n) is 3.95. The summed E-state index contributed by atoms with van der Waals surface area (Å²) in [5.74, 6) is 0.889. The Labute approximate surface area is 164 Å². The topological polar surface area (TPSA) is 49.4 Å². The maximum Gasteiger partial charge on any atom is 0.227 e. The van der Waals surface area contributed by atoms with E-state index in [9.17, 15) is 9.59 Å². The molecule has 1 N–H and O–H groups in total. The van der Waals surface area contributed by atoms with E-state index in [0.29, 0.717) is 6.54 Å². The summed E-state index contributed by atoms with van der Waals surface area (Å²) in [5, 5.41) is 3.14. The molecule has 2 amide bonds. The predicted molar refractivity (Wildman–Crippen MR) is 109 cm³/mol. The lowest BCUT2D eigenvalue weighted by molar-refractivity contribution is -0.125. The van der Waals surface area contributed by atoms with Crippen LogP contribution in [0, 0.1) is 0 Å². The summed E-state index contributed by atoms with van der Waals surface area (Å²) < 4.78 is 0. The molecule has 1 aliphatic carbocycles. The number of thioether (sulfide) groups is 1. The molecule has 0 fully saturated rings. The van der Waals surface area contributed by atoms with Crippen LogP contribution in [0.25, 0.3) is 0 Å². The lowest BCUT2D eigenvalue weighted by Gasteiger charge is -2.29. The molecule has 140 valence electrons. The lowest BCUT2D eigenvalue weighted by Crippen LogP contribution is -2.37. The number of hydrogen-bond donors (Lipinski definition) is 1. The smallest absolute Gasteiger partial charge is 0.227 e. The minimum atomic E-state index is -0.0373. The van der Waals surface area contributed by atoms with E-state index in [4.69, 9.17) is 0 Å². The molecular formula is C22H24N2O2S. The van der Waals surface area contributed by atoms with Crippen molar-refractivity contribution in [3.63, 3.8) is 0 Å². The summed E-state index contributed by atoms with van der Waals surface area (Å²) in [6, 6.07) is 16.4. The molecule has 4 nitrogen and oxygen atoms in total. The van der Waals surface area contributed by atoms with Gasteiger partial charge in [0, 0.05) is 30.0 Å². The van der Waals surface area contributed by atoms with E-state index < -0.39 is 0 Å². The fraction of sp³-hybridized carbons (Fsp3) is 0.364. The van der Waals surface area contributed by atoms with Crippen molar-refractivity contribution in [2.45, 2.75) is 43.0 Å². The van der Waals surface area contributed by atoms with Gasteiger partial charge in [0.1, 0.15) is 0 Å². The molecule has 1 aliphatic heterocycles. The van der Waals surface area contributed by atoms with Crippen molar-refractivity contribution in [2.75, 3.05) is 17.2 Å². The largest absolute Gasteiger partial charge is 0.349 e. The molecule has 0 saturated heterocycles. The van der Waals surface area contributed by atoms with Crippen LogP contribution >= 0.6 is 11.8 Å². The van der Waals surface area contributed by atoms with Gasteiger partial charge in [-0.1, -0.05) is 36.4 Å². The highest BCUT2D eigenvalue weighted by atomic mass is 32.2. The Morgan fingerprint density at radius 2 is 1.89 bits per heavy atom. The molecule has 4 rings (SSSR count). The molecule has 0 bridgehead atoms. The van der Waals surface area contributed by atoms with E-state index >= 15 is 0 Å². The van der Waals surface area contributed by atoms with Gasteiger partial charge in [0.2, 0.25) is 11.8 Å². The minimum absolute atomic E-state index is 0.0296. The first kappa shape index (κ1) is 18.1. The van der Waals surface area contributed by atoms with Gasteiger partial charge in [-0.25, -0.2) is 0 Å². The van der Waals surface area contributed by atoms with Crippen molar-refractivity contribution in [1.82, 2.24) is 5.32 Å². The van der Waals surface area contributed by atoms with Gasteiger partial charge in [-0.05, 0) is 42.5 Å². The molecule has 0 radical (unpaired) electrons. The molecular weight excluding hydrogens is 356 g/mol. The Hall–Kier alpha value is -2.27. The standard InChI is InChI=1S/C22H24N2O2S/c25-21(23-18-9-5-7-16-6-1-2-8-17(16)18)12-13-22(26)24-14-15-27-20-11-4-3-10-19(20)24/h1-4,6,8,10-11,18H,5,7,9,12-15H2,(H,23,25)/t18-/m0/s1. The maximum atomic E-state index is 12.7. The molecule has 2 aromatic carbocycles. The number of nitrogens with zero attached hydrogens (tertiary/aromatic N) is 1. The number of amides is 2. The van der Waals surface area contributed by atoms with Gasteiger partial charge in [0.25, 0.3) is 0 Å². The number of fused-ring (bicyclic) bond motifs is 2. The highest BCUT2D eigenvalue weighted by Crippen LogP contribution is 2.34. The molecule has 0 unspecified atom stereocenters. The average Bonchev–Trinajstić information content (AvgIpc) is 2.72. The Bertz CT molecular complexity index is 852. The Balaban J connectivity index is 1.35. The molecule has 5 heteroatoms. The zero-order chi connectivity index (χ0) is 18.6. The van der Waals surface area contributed by atoms with Gasteiger partial charge in [0.15, 0.2) is 0 Å². The number of carbonyl (C=O) groups excluding carboxylic acids is 2. The third-order valence-corrected chi connectivity index (χ3v) is 6.34. The minimum Gasteiger partial charge on any atom is -0.349 e. The van der Waals surface area contributed by atoms with Gasteiger partial charge < -0.3 is 10.2 Å². The second-order valence-electron chi connectivity index (χ2n) is 7.07. The summed E-state index contributed by atoms with van der Waals surface area (Å²) in [5.41, 5.74) is 3.53. The van der Waals surface area contributed by atoms with Gasteiger partial charge in [-0.2, -0.15) is 0 Å². The molecule has 1 heterocycles. The molecule has 2 aromatic rings. The SMILES string of the molecule is O=C(CCC(=O)N1CCSc2ccccc21)N[C@H]1CCCc2ccccc21. The number of para-hydroxylation sites is 1. The van der Waals surface area contributed by atoms with Gasteiger partial charge in [-0.15, -0.1) is 11.8 Å². The fourth-order valence-corrected chi connectivity index (χ4v) is 4.95. The van der Waals surface area contributed by atoms with Gasteiger partial charge in [-0.3, -0.25) is 9.59 Å². The summed E-state index contributed by atoms with van der Waals surface area (Å²) >= 11 is 1.78. The van der Waals surface area contributed by atoms with Crippen LogP contribution in [0.1, 0.15) is 42.9 Å². The number of carbonyl (C=O) groups is 2. The number of benzene rings is 2. The maximum absolute atomic E-state index is 12.7. The zero-order valence-corrected chi connectivity index (χ0v) is 16.1. The first-order chi connectivity index (χ1) is 13.2. The van der Waals surface area contributed by atoms with Gasteiger partial charge in [0.05, 0.1) is 11.7 Å². The highest BCUT2D eigenvalue weighted by molar-refractivity contribution is 7.99. The number of aryl methyl sites for hydroxylation is 1. The summed E-state index contributed by atoms with van der Waals surface area (Å²) in [7, 11) is 0. The van der Waals surface area contributed by atoms with Crippen LogP contribution in [0.3, 0.4) is 0 Å². The molecule has 27 heavy (non-hydrogen) atoms. The van der Waals surface area contributed by atoms with E-state index in [1.165, 1.54) is 11.1 Å². The molecule has 0 aromatic heterocycles. The van der Waals surface area contributed by atoms with Crippen LogP contribution in [0.5, 0.6) is 0 Å². The van der Waals surface area contributed by atoms with Gasteiger partial charge >= 0.3 is 0 Å². The number of rotatable bonds is 4. The highest BCUT2D eigenvalue weighted by Gasteiger charge is 2.24. The van der Waals surface area contributed by atoms with Crippen LogP contribution in [0.15, 0.2) is 53.4 Å². The second-order valence-corrected chi connectivity index (χ2v) is 8.21. The number of hydrogen-bond acceptors (Lipinski definition) is 3. The number of anilines is 1. The summed E-state index contributed by atoms with van der Waals surface area (Å²) in [4.78, 5) is 28.1. The first-order valence-electron chi connectivity index (χ1n) is 9.62. The van der Waals surface area contributed by atoms with E-state index in [0.717, 1.165) is 35.6 Å². The molecule has 0 saturated carbocycles. The van der Waals surface area contributed by atoms with E-state index in [1.54, 1.807) is 11.8 Å². The predicted octanol–water partition coefficient (Wildman–Crippen LogP) is 4.10. The van der Waals surface area contributed by atoms with E-state index in [2.05, 4.69) is 23.5 Å². The Morgan fingerprint density at radius 3 is 2.81 bits per heavy atom. The normalized spacial score (nSPS) is 18.4. The van der Waals surface area contributed by atoms with Crippen LogP contribution in [0.2, 0.25) is 0 Å². The van der Waals surface area contributed by atoms with Crippen molar-refractivity contribution < 1.29 is 9.59 Å². The van der Waals surface area contributed by atoms with Crippen LogP contribution < -0.4 is 10.2 Å². The zero-order valence-electron chi connectivity index (χ0n) is 15.3. The third kappa shape index (κ3) is 4.03. The quantitative estimate of drug-likeness (QED) is 0.869. The van der Waals surface area contributed by atoms with E-state index in [-0.39, 0.29) is 30.7 Å². The van der Waals surface area contributed by atoms with Crippen molar-refractivity contribution in [2.24, 2.45) is 0 Å².